The van der Waals surface area contributed by atoms with Crippen LogP contribution in [0, 0.1) is 0 Å². The molecule has 0 aromatic carbocycles. The van der Waals surface area contributed by atoms with Crippen molar-refractivity contribution >= 4 is 33.8 Å². The van der Waals surface area contributed by atoms with Crippen LogP contribution in [0.4, 0.5) is 0 Å². The number of hydrogen-bond donors (Lipinski definition) is 1. The molecule has 0 aromatic rings. The van der Waals surface area contributed by atoms with Crippen molar-refractivity contribution in [3.63, 3.8) is 0 Å². The average molecular weight is 219 g/mol. The highest BCUT2D eigenvalue weighted by atomic mass is 32.2. The van der Waals surface area contributed by atoms with Gasteiger partial charge in [-0.3, -0.25) is 9.59 Å². The molecule has 0 radical (unpaired) electrons. The Balaban J connectivity index is 0.000000132. The predicted octanol–water partition coefficient (Wildman–Crippen LogP) is 1.02. The SMILES string of the molecule is NC1CCSC1=O.O=C1CCCS1. The van der Waals surface area contributed by atoms with E-state index >= 15 is 0 Å². The molecule has 2 aliphatic heterocycles. The maximum absolute atomic E-state index is 10.4. The molecule has 0 aliphatic carbocycles. The Morgan fingerprint density at radius 1 is 1.23 bits per heavy atom. The molecule has 1 atom stereocenters. The first-order valence-electron chi connectivity index (χ1n) is 4.28. The Kier molecular flexibility index (Phi) is 4.83. The van der Waals surface area contributed by atoms with Gasteiger partial charge in [0.15, 0.2) is 5.12 Å². The van der Waals surface area contributed by atoms with E-state index in [0.717, 1.165) is 30.8 Å². The highest BCUT2D eigenvalue weighted by molar-refractivity contribution is 8.14. The molecule has 5 heteroatoms. The van der Waals surface area contributed by atoms with E-state index in [2.05, 4.69) is 0 Å². The van der Waals surface area contributed by atoms with Gasteiger partial charge in [-0.15, -0.1) is 0 Å². The average Bonchev–Trinajstić information content (AvgIpc) is 2.67. The molecule has 1 unspecified atom stereocenters. The Morgan fingerprint density at radius 3 is 2.15 bits per heavy atom. The highest BCUT2D eigenvalue weighted by Crippen LogP contribution is 2.17. The molecule has 2 fully saturated rings. The molecule has 0 bridgehead atoms. The summed E-state index contributed by atoms with van der Waals surface area (Å²) in [6, 6.07) is -0.162. The van der Waals surface area contributed by atoms with Crippen LogP contribution in [-0.4, -0.2) is 27.8 Å². The van der Waals surface area contributed by atoms with Crippen LogP contribution in [-0.2, 0) is 9.59 Å². The minimum absolute atomic E-state index is 0.153. The van der Waals surface area contributed by atoms with Crippen LogP contribution in [0.5, 0.6) is 0 Å². The largest absolute Gasteiger partial charge is 0.321 e. The molecular formula is C8H13NO2S2. The van der Waals surface area contributed by atoms with Gasteiger partial charge in [0.05, 0.1) is 6.04 Å². The van der Waals surface area contributed by atoms with Gasteiger partial charge in [0.2, 0.25) is 5.12 Å². The summed E-state index contributed by atoms with van der Waals surface area (Å²) < 4.78 is 0. The number of hydrogen-bond acceptors (Lipinski definition) is 5. The molecule has 0 saturated carbocycles. The van der Waals surface area contributed by atoms with E-state index in [1.165, 1.54) is 23.5 Å². The summed E-state index contributed by atoms with van der Waals surface area (Å²) in [5.74, 6) is 1.97. The van der Waals surface area contributed by atoms with Crippen molar-refractivity contribution in [1.29, 1.82) is 0 Å². The molecule has 3 nitrogen and oxygen atoms in total. The maximum Gasteiger partial charge on any atom is 0.205 e. The molecular weight excluding hydrogens is 206 g/mol. The van der Waals surface area contributed by atoms with Gasteiger partial charge in [0.1, 0.15) is 0 Å². The molecule has 0 aromatic heterocycles. The summed E-state index contributed by atoms with van der Waals surface area (Å²) in [7, 11) is 0. The minimum Gasteiger partial charge on any atom is -0.321 e. The Hall–Kier alpha value is -0.0000000000000000555. The van der Waals surface area contributed by atoms with Crippen molar-refractivity contribution < 1.29 is 9.59 Å². The topological polar surface area (TPSA) is 60.2 Å². The van der Waals surface area contributed by atoms with Gasteiger partial charge in [-0.25, -0.2) is 0 Å². The number of carbonyl (C=O) groups excluding carboxylic acids is 2. The van der Waals surface area contributed by atoms with Crippen molar-refractivity contribution in [3.8, 4) is 0 Å². The fraction of sp³-hybridized carbons (Fsp3) is 0.750. The zero-order valence-electron chi connectivity index (χ0n) is 7.32. The molecule has 0 spiro atoms. The van der Waals surface area contributed by atoms with Gasteiger partial charge in [-0.1, -0.05) is 23.5 Å². The summed E-state index contributed by atoms with van der Waals surface area (Å²) in [5.41, 5.74) is 5.31. The van der Waals surface area contributed by atoms with E-state index in [4.69, 9.17) is 5.73 Å². The second-order valence-electron chi connectivity index (χ2n) is 2.89. The van der Waals surface area contributed by atoms with Crippen LogP contribution < -0.4 is 5.73 Å². The first-order valence-corrected chi connectivity index (χ1v) is 6.25. The van der Waals surface area contributed by atoms with Gasteiger partial charge in [0.25, 0.3) is 0 Å². The molecule has 0 amide bonds. The van der Waals surface area contributed by atoms with Crippen LogP contribution in [0.2, 0.25) is 0 Å². The van der Waals surface area contributed by atoms with Crippen molar-refractivity contribution in [3.05, 3.63) is 0 Å². The molecule has 2 saturated heterocycles. The third kappa shape index (κ3) is 4.15. The van der Waals surface area contributed by atoms with Crippen molar-refractivity contribution in [2.45, 2.75) is 25.3 Å². The Morgan fingerprint density at radius 2 is 2.00 bits per heavy atom. The lowest BCUT2D eigenvalue weighted by molar-refractivity contribution is -0.112. The van der Waals surface area contributed by atoms with Crippen LogP contribution >= 0.6 is 23.5 Å². The fourth-order valence-electron chi connectivity index (χ4n) is 0.986. The Labute approximate surface area is 86.2 Å². The quantitative estimate of drug-likeness (QED) is 0.659. The second kappa shape index (κ2) is 5.67. The van der Waals surface area contributed by atoms with E-state index in [1.807, 2.05) is 0 Å². The van der Waals surface area contributed by atoms with E-state index in [9.17, 15) is 9.59 Å². The first kappa shape index (κ1) is 11.1. The van der Waals surface area contributed by atoms with Gasteiger partial charge >= 0.3 is 0 Å². The standard InChI is InChI=1S/C4H7NOS.C4H6OS/c5-3-1-2-7-4(3)6;5-4-2-1-3-6-4/h3H,1-2,5H2;1-3H2. The van der Waals surface area contributed by atoms with E-state index < -0.39 is 0 Å². The summed E-state index contributed by atoms with van der Waals surface area (Å²) in [4.78, 5) is 20.6. The minimum atomic E-state index is -0.162. The number of carbonyl (C=O) groups is 2. The zero-order chi connectivity index (χ0) is 9.68. The maximum atomic E-state index is 10.4. The van der Waals surface area contributed by atoms with Crippen LogP contribution in [0.3, 0.4) is 0 Å². The molecule has 2 aliphatic rings. The van der Waals surface area contributed by atoms with E-state index in [0.29, 0.717) is 5.12 Å². The van der Waals surface area contributed by atoms with Crippen LogP contribution in [0.25, 0.3) is 0 Å². The highest BCUT2D eigenvalue weighted by Gasteiger charge is 2.20. The molecule has 2 heterocycles. The molecule has 74 valence electrons. The van der Waals surface area contributed by atoms with Crippen LogP contribution in [0.1, 0.15) is 19.3 Å². The molecule has 13 heavy (non-hydrogen) atoms. The number of rotatable bonds is 0. The van der Waals surface area contributed by atoms with Crippen LogP contribution in [0.15, 0.2) is 0 Å². The zero-order valence-corrected chi connectivity index (χ0v) is 8.96. The van der Waals surface area contributed by atoms with E-state index in [1.54, 1.807) is 0 Å². The number of nitrogens with two attached hydrogens (primary N) is 1. The first-order chi connectivity index (χ1) is 6.20. The monoisotopic (exact) mass is 219 g/mol. The van der Waals surface area contributed by atoms with E-state index in [-0.39, 0.29) is 11.2 Å². The summed E-state index contributed by atoms with van der Waals surface area (Å²) in [5, 5.41) is 0.523. The Bertz CT molecular complexity index is 200. The third-order valence-electron chi connectivity index (χ3n) is 1.76. The lowest BCUT2D eigenvalue weighted by atomic mass is 10.3. The normalized spacial score (nSPS) is 27.3. The predicted molar refractivity (Wildman–Crippen MR) is 56.8 cm³/mol. The van der Waals surface area contributed by atoms with Gasteiger partial charge in [-0.05, 0) is 12.8 Å². The lowest BCUT2D eigenvalue weighted by Gasteiger charge is -1.90. The number of thioether (sulfide) groups is 2. The smallest absolute Gasteiger partial charge is 0.205 e. The van der Waals surface area contributed by atoms with Gasteiger partial charge in [0, 0.05) is 17.9 Å². The van der Waals surface area contributed by atoms with Crippen molar-refractivity contribution in [1.82, 2.24) is 0 Å². The summed E-state index contributed by atoms with van der Waals surface area (Å²) in [6.45, 7) is 0. The lowest BCUT2D eigenvalue weighted by Crippen LogP contribution is -2.22. The molecule has 2 N–H and O–H groups in total. The van der Waals surface area contributed by atoms with Gasteiger partial charge < -0.3 is 5.73 Å². The van der Waals surface area contributed by atoms with Gasteiger partial charge in [-0.2, -0.15) is 0 Å². The van der Waals surface area contributed by atoms with Crippen molar-refractivity contribution in [2.75, 3.05) is 11.5 Å². The fourth-order valence-corrected chi connectivity index (χ4v) is 2.70. The summed E-state index contributed by atoms with van der Waals surface area (Å²) >= 11 is 2.80. The molecule has 2 rings (SSSR count). The third-order valence-corrected chi connectivity index (χ3v) is 3.81. The summed E-state index contributed by atoms with van der Waals surface area (Å²) in [6.07, 6.45) is 2.78. The second-order valence-corrected chi connectivity index (χ2v) is 5.14. The van der Waals surface area contributed by atoms with Crippen molar-refractivity contribution in [2.24, 2.45) is 5.73 Å².